The van der Waals surface area contributed by atoms with Crippen molar-refractivity contribution in [3.63, 3.8) is 0 Å². The largest absolute Gasteiger partial charge is 0.390 e. The van der Waals surface area contributed by atoms with Gasteiger partial charge in [0.15, 0.2) is 11.0 Å². The van der Waals surface area contributed by atoms with Gasteiger partial charge in [0.25, 0.3) is 11.8 Å². The number of β-amino-alcohol motifs (C(OH)–C–C–N with tert-alkyl or cyclic N) is 1. The van der Waals surface area contributed by atoms with E-state index in [1.54, 1.807) is 35.6 Å². The number of rotatable bonds is 7. The standard InChI is InChI=1S/C20H18N4O3S2/c25-13(10-23-18(26)14-4-1-2-5-15(14)19(23)27)11-29-20-22-21-17(16-6-3-9-28-16)24(20)12-7-8-12/h1-6,9,12-13,25H,7-8,10-11H2/t13-/m1/s1. The van der Waals surface area contributed by atoms with Crippen molar-refractivity contribution in [1.82, 2.24) is 19.7 Å². The minimum atomic E-state index is -0.850. The zero-order valence-electron chi connectivity index (χ0n) is 15.4. The number of fused-ring (bicyclic) bond motifs is 1. The van der Waals surface area contributed by atoms with Crippen molar-refractivity contribution in [2.24, 2.45) is 0 Å². The molecular formula is C20H18N4O3S2. The molecule has 9 heteroatoms. The van der Waals surface area contributed by atoms with Crippen molar-refractivity contribution in [2.45, 2.75) is 30.1 Å². The molecule has 1 fully saturated rings. The zero-order valence-corrected chi connectivity index (χ0v) is 17.0. The van der Waals surface area contributed by atoms with E-state index in [1.807, 2.05) is 17.5 Å². The number of aliphatic hydroxyl groups is 1. The summed E-state index contributed by atoms with van der Waals surface area (Å²) in [5.74, 6) is 0.481. The van der Waals surface area contributed by atoms with Gasteiger partial charge in [-0.15, -0.1) is 21.5 Å². The van der Waals surface area contributed by atoms with Gasteiger partial charge in [0.1, 0.15) is 0 Å². The first kappa shape index (κ1) is 18.5. The highest BCUT2D eigenvalue weighted by Gasteiger charge is 2.36. The molecule has 0 saturated heterocycles. The number of carbonyl (C=O) groups is 2. The number of thioether (sulfide) groups is 1. The number of hydrogen-bond donors (Lipinski definition) is 1. The molecule has 1 aliphatic carbocycles. The summed E-state index contributed by atoms with van der Waals surface area (Å²) in [5, 5.41) is 22.0. The first-order valence-electron chi connectivity index (χ1n) is 9.38. The first-order valence-corrected chi connectivity index (χ1v) is 11.2. The number of benzene rings is 1. The maximum absolute atomic E-state index is 12.5. The third-order valence-corrected chi connectivity index (χ3v) is 6.95. The van der Waals surface area contributed by atoms with Gasteiger partial charge in [0, 0.05) is 11.8 Å². The van der Waals surface area contributed by atoms with Gasteiger partial charge in [-0.05, 0) is 36.4 Å². The molecule has 3 aromatic rings. The summed E-state index contributed by atoms with van der Waals surface area (Å²) in [5.41, 5.74) is 0.790. The fourth-order valence-corrected chi connectivity index (χ4v) is 5.08. The van der Waals surface area contributed by atoms with E-state index in [2.05, 4.69) is 14.8 Å². The van der Waals surface area contributed by atoms with Crippen LogP contribution < -0.4 is 0 Å². The second kappa shape index (κ2) is 7.40. The predicted molar refractivity (Wildman–Crippen MR) is 110 cm³/mol. The lowest BCUT2D eigenvalue weighted by Crippen LogP contribution is -2.37. The number of hydrogen-bond acceptors (Lipinski definition) is 7. The molecule has 1 aliphatic heterocycles. The summed E-state index contributed by atoms with van der Waals surface area (Å²) in [7, 11) is 0. The SMILES string of the molecule is O=C1c2ccccc2C(=O)N1C[C@@H](O)CSc1nnc(-c2cccs2)n1C1CC1. The van der Waals surface area contributed by atoms with Gasteiger partial charge in [-0.1, -0.05) is 30.0 Å². The Labute approximate surface area is 175 Å². The third-order valence-electron chi connectivity index (χ3n) is 4.99. The van der Waals surface area contributed by atoms with Crippen LogP contribution in [0.3, 0.4) is 0 Å². The van der Waals surface area contributed by atoms with Gasteiger partial charge in [0.05, 0.1) is 28.7 Å². The van der Waals surface area contributed by atoms with Crippen LogP contribution in [0.15, 0.2) is 46.9 Å². The van der Waals surface area contributed by atoms with Crippen LogP contribution >= 0.6 is 23.1 Å². The minimum absolute atomic E-state index is 0.0330. The highest BCUT2D eigenvalue weighted by molar-refractivity contribution is 7.99. The molecule has 3 heterocycles. The summed E-state index contributed by atoms with van der Waals surface area (Å²) >= 11 is 3.03. The zero-order chi connectivity index (χ0) is 20.0. The summed E-state index contributed by atoms with van der Waals surface area (Å²) in [6.45, 7) is -0.0330. The van der Waals surface area contributed by atoms with Crippen molar-refractivity contribution in [1.29, 1.82) is 0 Å². The van der Waals surface area contributed by atoms with Gasteiger partial charge in [-0.2, -0.15) is 0 Å². The molecule has 2 amide bonds. The van der Waals surface area contributed by atoms with E-state index in [9.17, 15) is 14.7 Å². The Morgan fingerprint density at radius 2 is 1.83 bits per heavy atom. The van der Waals surface area contributed by atoms with E-state index >= 15 is 0 Å². The molecule has 2 aliphatic rings. The van der Waals surface area contributed by atoms with Crippen molar-refractivity contribution in [3.8, 4) is 10.7 Å². The Hall–Kier alpha value is -2.49. The molecule has 0 unspecified atom stereocenters. The van der Waals surface area contributed by atoms with Gasteiger partial charge < -0.3 is 5.11 Å². The van der Waals surface area contributed by atoms with Crippen molar-refractivity contribution >= 4 is 34.9 Å². The first-order chi connectivity index (χ1) is 14.1. The molecule has 1 saturated carbocycles. The number of aliphatic hydroxyl groups excluding tert-OH is 1. The molecule has 148 valence electrons. The molecule has 0 bridgehead atoms. The van der Waals surface area contributed by atoms with Crippen molar-refractivity contribution < 1.29 is 14.7 Å². The fourth-order valence-electron chi connectivity index (χ4n) is 3.45. The van der Waals surface area contributed by atoms with Crippen molar-refractivity contribution in [2.75, 3.05) is 12.3 Å². The molecule has 0 radical (unpaired) electrons. The van der Waals surface area contributed by atoms with Gasteiger partial charge in [-0.3, -0.25) is 19.1 Å². The predicted octanol–water partition coefficient (Wildman–Crippen LogP) is 3.09. The summed E-state index contributed by atoms with van der Waals surface area (Å²) in [6, 6.07) is 11.2. The van der Waals surface area contributed by atoms with Gasteiger partial charge >= 0.3 is 0 Å². The van der Waals surface area contributed by atoms with Crippen LogP contribution in [0.1, 0.15) is 39.6 Å². The second-order valence-corrected chi connectivity index (χ2v) is 9.05. The number of imide groups is 1. The number of amides is 2. The van der Waals surface area contributed by atoms with Crippen LogP contribution in [0.5, 0.6) is 0 Å². The number of nitrogens with zero attached hydrogens (tertiary/aromatic N) is 4. The van der Waals surface area contributed by atoms with E-state index < -0.39 is 6.10 Å². The van der Waals surface area contributed by atoms with Gasteiger partial charge in [0.2, 0.25) is 0 Å². The molecule has 2 aromatic heterocycles. The average Bonchev–Trinajstić information content (AvgIpc) is 3.17. The average molecular weight is 427 g/mol. The lowest BCUT2D eigenvalue weighted by atomic mass is 10.1. The van der Waals surface area contributed by atoms with E-state index in [0.29, 0.717) is 22.9 Å². The molecular weight excluding hydrogens is 408 g/mol. The van der Waals surface area contributed by atoms with E-state index in [1.165, 1.54) is 11.8 Å². The number of thiophene rings is 1. The summed E-state index contributed by atoms with van der Waals surface area (Å²) in [4.78, 5) is 27.1. The summed E-state index contributed by atoms with van der Waals surface area (Å²) in [6.07, 6.45) is 1.35. The Morgan fingerprint density at radius 3 is 2.45 bits per heavy atom. The Balaban J connectivity index is 1.27. The minimum Gasteiger partial charge on any atom is -0.390 e. The maximum Gasteiger partial charge on any atom is 0.261 e. The summed E-state index contributed by atoms with van der Waals surface area (Å²) < 4.78 is 2.14. The molecule has 1 aromatic carbocycles. The maximum atomic E-state index is 12.5. The van der Waals surface area contributed by atoms with Crippen LogP contribution in [-0.4, -0.2) is 55.0 Å². The number of aromatic nitrogens is 3. The Morgan fingerprint density at radius 1 is 1.10 bits per heavy atom. The quantitative estimate of drug-likeness (QED) is 0.461. The molecule has 1 N–H and O–H groups in total. The van der Waals surface area contributed by atoms with E-state index in [4.69, 9.17) is 0 Å². The normalized spacial score (nSPS) is 17.1. The topological polar surface area (TPSA) is 88.3 Å². The molecule has 0 spiro atoms. The monoisotopic (exact) mass is 426 g/mol. The Bertz CT molecular complexity index is 1040. The number of carbonyl (C=O) groups excluding carboxylic acids is 2. The highest BCUT2D eigenvalue weighted by Crippen LogP contribution is 2.41. The molecule has 5 rings (SSSR count). The molecule has 29 heavy (non-hydrogen) atoms. The van der Waals surface area contributed by atoms with E-state index in [-0.39, 0.29) is 18.4 Å². The van der Waals surface area contributed by atoms with Crippen LogP contribution in [0, 0.1) is 0 Å². The Kier molecular flexibility index (Phi) is 4.73. The lowest BCUT2D eigenvalue weighted by molar-refractivity contribution is 0.0567. The smallest absolute Gasteiger partial charge is 0.261 e. The van der Waals surface area contributed by atoms with Crippen molar-refractivity contribution in [3.05, 3.63) is 52.9 Å². The van der Waals surface area contributed by atoms with Crippen LogP contribution in [-0.2, 0) is 0 Å². The molecule has 7 nitrogen and oxygen atoms in total. The van der Waals surface area contributed by atoms with Gasteiger partial charge in [-0.25, -0.2) is 0 Å². The highest BCUT2D eigenvalue weighted by atomic mass is 32.2. The molecule has 1 atom stereocenters. The van der Waals surface area contributed by atoms with Crippen LogP contribution in [0.4, 0.5) is 0 Å². The van der Waals surface area contributed by atoms with Crippen LogP contribution in [0.25, 0.3) is 10.7 Å². The fraction of sp³-hybridized carbons (Fsp3) is 0.300. The second-order valence-electron chi connectivity index (χ2n) is 7.12. The third kappa shape index (κ3) is 3.39. The lowest BCUT2D eigenvalue weighted by Gasteiger charge is -2.18. The van der Waals surface area contributed by atoms with E-state index in [0.717, 1.165) is 33.6 Å². The van der Waals surface area contributed by atoms with Crippen LogP contribution in [0.2, 0.25) is 0 Å².